The van der Waals surface area contributed by atoms with E-state index >= 15 is 0 Å². The van der Waals surface area contributed by atoms with E-state index in [0.717, 1.165) is 34.9 Å². The van der Waals surface area contributed by atoms with E-state index in [4.69, 9.17) is 11.6 Å². The minimum Gasteiger partial charge on any atom is -0.341 e. The molecule has 0 aliphatic carbocycles. The number of thioether (sulfide) groups is 1. The number of aromatic nitrogens is 3. The van der Waals surface area contributed by atoms with Gasteiger partial charge in [0.2, 0.25) is 5.95 Å². The van der Waals surface area contributed by atoms with E-state index in [0.29, 0.717) is 0 Å². The van der Waals surface area contributed by atoms with Crippen molar-refractivity contribution < 1.29 is 0 Å². The van der Waals surface area contributed by atoms with Crippen LogP contribution in [0.2, 0.25) is 5.02 Å². The lowest BCUT2D eigenvalue weighted by Crippen LogP contribution is -2.21. The molecule has 0 bridgehead atoms. The van der Waals surface area contributed by atoms with Gasteiger partial charge in [0, 0.05) is 18.1 Å². The van der Waals surface area contributed by atoms with Gasteiger partial charge in [0.25, 0.3) is 0 Å². The third-order valence-electron chi connectivity index (χ3n) is 3.25. The molecule has 0 saturated carbocycles. The summed E-state index contributed by atoms with van der Waals surface area (Å²) in [5, 5.41) is 10.2. The summed E-state index contributed by atoms with van der Waals surface area (Å²) in [7, 11) is 0. The summed E-state index contributed by atoms with van der Waals surface area (Å²) in [5.41, 5.74) is 1.02. The van der Waals surface area contributed by atoms with Crippen molar-refractivity contribution in [2.45, 2.75) is 18.0 Å². The number of rotatable bonds is 3. The molecule has 2 aromatic rings. The molecule has 0 amide bonds. The smallest absolute Gasteiger partial charge is 0.232 e. The molecule has 1 aromatic heterocycles. The Morgan fingerprint density at radius 2 is 2.00 bits per heavy atom. The third kappa shape index (κ3) is 2.44. The van der Waals surface area contributed by atoms with E-state index in [-0.39, 0.29) is 0 Å². The number of nitrogens with zero attached hydrogens (tertiary/aromatic N) is 4. The van der Waals surface area contributed by atoms with Crippen molar-refractivity contribution >= 4 is 29.3 Å². The largest absolute Gasteiger partial charge is 0.341 e. The lowest BCUT2D eigenvalue weighted by atomic mass is 10.3. The lowest BCUT2D eigenvalue weighted by molar-refractivity contribution is 0.842. The molecule has 4 nitrogen and oxygen atoms in total. The maximum absolute atomic E-state index is 6.09. The first kappa shape index (κ1) is 12.8. The fourth-order valence-corrected chi connectivity index (χ4v) is 3.03. The first-order chi connectivity index (χ1) is 9.29. The summed E-state index contributed by atoms with van der Waals surface area (Å²) in [5.74, 6) is 0.920. The van der Waals surface area contributed by atoms with Crippen LogP contribution in [0.25, 0.3) is 5.69 Å². The second kappa shape index (κ2) is 5.43. The van der Waals surface area contributed by atoms with Crippen LogP contribution in [0.4, 0.5) is 5.95 Å². The van der Waals surface area contributed by atoms with Crippen molar-refractivity contribution in [1.29, 1.82) is 0 Å². The van der Waals surface area contributed by atoms with Crippen LogP contribution in [0.5, 0.6) is 0 Å². The van der Waals surface area contributed by atoms with E-state index in [1.807, 2.05) is 30.5 Å². The maximum atomic E-state index is 6.09. The second-order valence-electron chi connectivity index (χ2n) is 4.50. The van der Waals surface area contributed by atoms with Crippen LogP contribution in [0, 0.1) is 0 Å². The van der Waals surface area contributed by atoms with Gasteiger partial charge in [0.1, 0.15) is 0 Å². The van der Waals surface area contributed by atoms with Crippen LogP contribution >= 0.6 is 23.4 Å². The minimum absolute atomic E-state index is 0.727. The van der Waals surface area contributed by atoms with Crippen LogP contribution in [-0.2, 0) is 0 Å². The summed E-state index contributed by atoms with van der Waals surface area (Å²) in [6.45, 7) is 2.10. The first-order valence-corrected chi connectivity index (χ1v) is 7.90. The van der Waals surface area contributed by atoms with Crippen molar-refractivity contribution in [2.75, 3.05) is 24.2 Å². The molecule has 0 atom stereocenters. The second-order valence-corrected chi connectivity index (χ2v) is 5.71. The Balaban J connectivity index is 2.09. The Labute approximate surface area is 121 Å². The highest BCUT2D eigenvalue weighted by molar-refractivity contribution is 7.98. The predicted molar refractivity (Wildman–Crippen MR) is 79.6 cm³/mol. The number of benzene rings is 1. The van der Waals surface area contributed by atoms with Crippen molar-refractivity contribution in [2.24, 2.45) is 0 Å². The van der Waals surface area contributed by atoms with E-state index in [1.165, 1.54) is 12.8 Å². The van der Waals surface area contributed by atoms with Gasteiger partial charge in [-0.3, -0.25) is 4.57 Å². The molecule has 6 heteroatoms. The highest BCUT2D eigenvalue weighted by Gasteiger charge is 2.21. The summed E-state index contributed by atoms with van der Waals surface area (Å²) in [6, 6.07) is 7.82. The Hall–Kier alpha value is -1.20. The van der Waals surface area contributed by atoms with Gasteiger partial charge in [0.15, 0.2) is 5.16 Å². The average molecular weight is 295 g/mol. The molecular weight excluding hydrogens is 280 g/mol. The fraction of sp³-hybridized carbons (Fsp3) is 0.385. The van der Waals surface area contributed by atoms with Crippen molar-refractivity contribution in [3.63, 3.8) is 0 Å². The Morgan fingerprint density at radius 1 is 1.21 bits per heavy atom. The molecule has 1 aliphatic heterocycles. The molecule has 1 saturated heterocycles. The summed E-state index contributed by atoms with van der Waals surface area (Å²) in [6.07, 6.45) is 4.45. The van der Waals surface area contributed by atoms with Gasteiger partial charge >= 0.3 is 0 Å². The van der Waals surface area contributed by atoms with Gasteiger partial charge < -0.3 is 4.90 Å². The van der Waals surface area contributed by atoms with Crippen molar-refractivity contribution in [1.82, 2.24) is 14.8 Å². The molecule has 0 unspecified atom stereocenters. The van der Waals surface area contributed by atoms with E-state index in [2.05, 4.69) is 19.7 Å². The van der Waals surface area contributed by atoms with E-state index in [1.54, 1.807) is 11.8 Å². The summed E-state index contributed by atoms with van der Waals surface area (Å²) < 4.78 is 2.09. The van der Waals surface area contributed by atoms with Gasteiger partial charge in [-0.05, 0) is 37.3 Å². The Morgan fingerprint density at radius 3 is 2.68 bits per heavy atom. The zero-order chi connectivity index (χ0) is 13.2. The van der Waals surface area contributed by atoms with Crippen LogP contribution in [0.1, 0.15) is 12.8 Å². The first-order valence-electron chi connectivity index (χ1n) is 6.30. The monoisotopic (exact) mass is 294 g/mol. The SMILES string of the molecule is CSc1nnc(N2CCCC2)n1-c1cccc(Cl)c1. The zero-order valence-electron chi connectivity index (χ0n) is 10.7. The molecule has 3 rings (SSSR count). The van der Waals surface area contributed by atoms with Gasteiger partial charge in [-0.1, -0.05) is 29.4 Å². The van der Waals surface area contributed by atoms with Crippen molar-refractivity contribution in [3.05, 3.63) is 29.3 Å². The minimum atomic E-state index is 0.727. The average Bonchev–Trinajstić information content (AvgIpc) is 3.07. The quantitative estimate of drug-likeness (QED) is 0.814. The van der Waals surface area contributed by atoms with Crippen LogP contribution in [-0.4, -0.2) is 34.1 Å². The molecule has 0 radical (unpaired) electrons. The fourth-order valence-electron chi connectivity index (χ4n) is 2.36. The van der Waals surface area contributed by atoms with Crippen molar-refractivity contribution in [3.8, 4) is 5.69 Å². The zero-order valence-corrected chi connectivity index (χ0v) is 12.3. The number of hydrogen-bond donors (Lipinski definition) is 0. The molecule has 1 aliphatic rings. The molecule has 0 spiro atoms. The Kier molecular flexibility index (Phi) is 3.66. The predicted octanol–water partition coefficient (Wildman–Crippen LogP) is 3.24. The van der Waals surface area contributed by atoms with Gasteiger partial charge in [-0.2, -0.15) is 0 Å². The van der Waals surface area contributed by atoms with Gasteiger partial charge in [-0.15, -0.1) is 10.2 Å². The molecule has 100 valence electrons. The molecule has 0 N–H and O–H groups in total. The number of halogens is 1. The number of anilines is 1. The van der Waals surface area contributed by atoms with Crippen LogP contribution < -0.4 is 4.90 Å². The molecular formula is C13H15ClN4S. The van der Waals surface area contributed by atoms with E-state index < -0.39 is 0 Å². The Bertz CT molecular complexity index is 578. The standard InChI is InChI=1S/C13H15ClN4S/c1-19-13-16-15-12(17-7-2-3-8-17)18(13)11-6-4-5-10(14)9-11/h4-6,9H,2-3,7-8H2,1H3. The van der Waals surface area contributed by atoms with Crippen LogP contribution in [0.3, 0.4) is 0 Å². The molecule has 1 fully saturated rings. The summed E-state index contributed by atoms with van der Waals surface area (Å²) in [4.78, 5) is 2.29. The highest BCUT2D eigenvalue weighted by atomic mass is 35.5. The van der Waals surface area contributed by atoms with E-state index in [9.17, 15) is 0 Å². The lowest BCUT2D eigenvalue weighted by Gasteiger charge is -2.18. The topological polar surface area (TPSA) is 34.0 Å². The molecule has 1 aromatic carbocycles. The maximum Gasteiger partial charge on any atom is 0.232 e. The van der Waals surface area contributed by atoms with Gasteiger partial charge in [0.05, 0.1) is 5.69 Å². The van der Waals surface area contributed by atoms with Gasteiger partial charge in [-0.25, -0.2) is 0 Å². The number of hydrogen-bond acceptors (Lipinski definition) is 4. The normalized spacial score (nSPS) is 15.2. The molecule has 19 heavy (non-hydrogen) atoms. The summed E-state index contributed by atoms with van der Waals surface area (Å²) >= 11 is 7.69. The highest BCUT2D eigenvalue weighted by Crippen LogP contribution is 2.28. The molecule has 2 heterocycles. The third-order valence-corrected chi connectivity index (χ3v) is 4.12. The van der Waals surface area contributed by atoms with Crippen LogP contribution in [0.15, 0.2) is 29.4 Å².